The molecule has 1 aromatic rings. The molecule has 1 aromatic carbocycles. The van der Waals surface area contributed by atoms with Crippen molar-refractivity contribution in [2.75, 3.05) is 26.2 Å². The van der Waals surface area contributed by atoms with Gasteiger partial charge in [0.25, 0.3) is 0 Å². The van der Waals surface area contributed by atoms with Gasteiger partial charge in [-0.3, -0.25) is 0 Å². The van der Waals surface area contributed by atoms with Gasteiger partial charge in [0.05, 0.1) is 12.1 Å². The van der Waals surface area contributed by atoms with E-state index in [1.807, 2.05) is 6.92 Å². The van der Waals surface area contributed by atoms with E-state index in [9.17, 15) is 13.2 Å². The highest BCUT2D eigenvalue weighted by Crippen LogP contribution is 2.31. The number of likely N-dealkylation sites (tertiary alicyclic amines) is 1. The Labute approximate surface area is 152 Å². The van der Waals surface area contributed by atoms with Crippen LogP contribution in [0.25, 0.3) is 0 Å². The predicted octanol–water partition coefficient (Wildman–Crippen LogP) is 3.24. The van der Waals surface area contributed by atoms with Crippen molar-refractivity contribution in [2.45, 2.75) is 44.9 Å². The summed E-state index contributed by atoms with van der Waals surface area (Å²) in [5.74, 6) is 1.35. The summed E-state index contributed by atoms with van der Waals surface area (Å²) in [6, 6.07) is 6.01. The third-order valence-corrected chi connectivity index (χ3v) is 4.98. The third kappa shape index (κ3) is 5.37. The van der Waals surface area contributed by atoms with E-state index in [1.54, 1.807) is 0 Å². The summed E-state index contributed by atoms with van der Waals surface area (Å²) in [6.45, 7) is 6.32. The second-order valence-corrected chi connectivity index (χ2v) is 7.15. The van der Waals surface area contributed by atoms with E-state index in [0.717, 1.165) is 49.3 Å². The standard InChI is InChI=1S/C19H27F3N4/c1-2-23-18(25-12-15-9-10-26(13-15)17-7-8-17)24-11-14-3-5-16(6-4-14)19(20,21)22/h3-6,15,17H,2,7-13H2,1H3,(H2,23,24,25). The van der Waals surface area contributed by atoms with Crippen molar-refractivity contribution in [3.8, 4) is 0 Å². The van der Waals surface area contributed by atoms with E-state index in [2.05, 4.69) is 20.5 Å². The summed E-state index contributed by atoms with van der Waals surface area (Å²) in [5, 5.41) is 6.58. The first-order valence-electron chi connectivity index (χ1n) is 9.38. The Morgan fingerprint density at radius 1 is 1.15 bits per heavy atom. The first kappa shape index (κ1) is 19.0. The molecular formula is C19H27F3N4. The van der Waals surface area contributed by atoms with Crippen molar-refractivity contribution < 1.29 is 13.2 Å². The minimum atomic E-state index is -4.30. The Kier molecular flexibility index (Phi) is 6.06. The molecule has 0 bridgehead atoms. The van der Waals surface area contributed by atoms with Crippen LogP contribution >= 0.6 is 0 Å². The lowest BCUT2D eigenvalue weighted by molar-refractivity contribution is -0.137. The smallest absolute Gasteiger partial charge is 0.357 e. The van der Waals surface area contributed by atoms with Crippen molar-refractivity contribution >= 4 is 5.96 Å². The monoisotopic (exact) mass is 368 g/mol. The maximum absolute atomic E-state index is 12.6. The highest BCUT2D eigenvalue weighted by Gasteiger charge is 2.34. The Balaban J connectivity index is 1.50. The Morgan fingerprint density at radius 2 is 1.88 bits per heavy atom. The molecule has 2 N–H and O–H groups in total. The number of aliphatic imine (C=N–C) groups is 1. The van der Waals surface area contributed by atoms with Gasteiger partial charge in [0.15, 0.2) is 5.96 Å². The third-order valence-electron chi connectivity index (χ3n) is 4.98. The zero-order valence-corrected chi connectivity index (χ0v) is 15.1. The summed E-state index contributed by atoms with van der Waals surface area (Å²) in [6.07, 6.45) is -0.398. The maximum atomic E-state index is 12.6. The number of hydrogen-bond donors (Lipinski definition) is 2. The average Bonchev–Trinajstić information content (AvgIpc) is 3.35. The second-order valence-electron chi connectivity index (χ2n) is 7.15. The molecule has 1 saturated heterocycles. The highest BCUT2D eigenvalue weighted by atomic mass is 19.4. The van der Waals surface area contributed by atoms with Gasteiger partial charge >= 0.3 is 6.18 Å². The number of rotatable bonds is 6. The molecule has 1 saturated carbocycles. The Bertz CT molecular complexity index is 608. The predicted molar refractivity (Wildman–Crippen MR) is 97.0 cm³/mol. The van der Waals surface area contributed by atoms with E-state index in [4.69, 9.17) is 0 Å². The van der Waals surface area contributed by atoms with Crippen LogP contribution in [0.4, 0.5) is 13.2 Å². The minimum Gasteiger partial charge on any atom is -0.357 e. The van der Waals surface area contributed by atoms with Gasteiger partial charge in [0, 0.05) is 25.7 Å². The van der Waals surface area contributed by atoms with Gasteiger partial charge in [-0.2, -0.15) is 13.2 Å². The van der Waals surface area contributed by atoms with E-state index < -0.39 is 11.7 Å². The van der Waals surface area contributed by atoms with Gasteiger partial charge in [0.2, 0.25) is 0 Å². The molecule has 26 heavy (non-hydrogen) atoms. The summed E-state index contributed by atoms with van der Waals surface area (Å²) < 4.78 is 37.8. The number of alkyl halides is 3. The normalized spacial score (nSPS) is 21.8. The van der Waals surface area contributed by atoms with Crippen molar-refractivity contribution in [1.29, 1.82) is 0 Å². The number of nitrogens with zero attached hydrogens (tertiary/aromatic N) is 2. The number of benzene rings is 1. The van der Waals surface area contributed by atoms with E-state index in [0.29, 0.717) is 12.5 Å². The molecule has 4 nitrogen and oxygen atoms in total. The zero-order chi connectivity index (χ0) is 18.6. The topological polar surface area (TPSA) is 39.7 Å². The summed E-state index contributed by atoms with van der Waals surface area (Å²) in [4.78, 5) is 7.08. The number of nitrogens with one attached hydrogen (secondary N) is 2. The van der Waals surface area contributed by atoms with E-state index >= 15 is 0 Å². The quantitative estimate of drug-likeness (QED) is 0.598. The summed E-state index contributed by atoms with van der Waals surface area (Å²) in [7, 11) is 0. The van der Waals surface area contributed by atoms with Crippen LogP contribution in [0.2, 0.25) is 0 Å². The fourth-order valence-electron chi connectivity index (χ4n) is 3.35. The van der Waals surface area contributed by atoms with Crippen molar-refractivity contribution in [1.82, 2.24) is 15.5 Å². The van der Waals surface area contributed by atoms with Gasteiger partial charge in [-0.1, -0.05) is 12.1 Å². The first-order chi connectivity index (χ1) is 12.5. The van der Waals surface area contributed by atoms with Crippen LogP contribution in [0, 0.1) is 5.92 Å². The first-order valence-corrected chi connectivity index (χ1v) is 9.38. The molecule has 3 rings (SSSR count). The van der Waals surface area contributed by atoms with Crippen LogP contribution < -0.4 is 10.6 Å². The van der Waals surface area contributed by atoms with Crippen LogP contribution in [0.15, 0.2) is 29.3 Å². The minimum absolute atomic E-state index is 0.354. The molecule has 1 atom stereocenters. The molecule has 1 heterocycles. The second kappa shape index (κ2) is 8.29. The molecule has 144 valence electrons. The fourth-order valence-corrected chi connectivity index (χ4v) is 3.35. The van der Waals surface area contributed by atoms with Gasteiger partial charge in [-0.25, -0.2) is 4.99 Å². The number of halogens is 3. The molecule has 7 heteroatoms. The molecule has 2 fully saturated rings. The molecular weight excluding hydrogens is 341 g/mol. The molecule has 1 aliphatic carbocycles. The van der Waals surface area contributed by atoms with Crippen LogP contribution in [-0.2, 0) is 12.7 Å². The summed E-state index contributed by atoms with van der Waals surface area (Å²) in [5.41, 5.74) is 0.132. The lowest BCUT2D eigenvalue weighted by Gasteiger charge is -2.17. The van der Waals surface area contributed by atoms with E-state index in [1.165, 1.54) is 37.9 Å². The molecule has 1 aliphatic heterocycles. The number of hydrogen-bond acceptors (Lipinski definition) is 2. The van der Waals surface area contributed by atoms with Gasteiger partial charge in [0.1, 0.15) is 0 Å². The molecule has 0 spiro atoms. The van der Waals surface area contributed by atoms with Crippen molar-refractivity contribution in [3.05, 3.63) is 35.4 Å². The molecule has 2 aliphatic rings. The summed E-state index contributed by atoms with van der Waals surface area (Å²) >= 11 is 0. The largest absolute Gasteiger partial charge is 0.416 e. The van der Waals surface area contributed by atoms with E-state index in [-0.39, 0.29) is 0 Å². The maximum Gasteiger partial charge on any atom is 0.416 e. The number of guanidine groups is 1. The fraction of sp³-hybridized carbons (Fsp3) is 0.632. The Hall–Kier alpha value is -1.76. The van der Waals surface area contributed by atoms with Crippen molar-refractivity contribution in [2.24, 2.45) is 10.9 Å². The molecule has 1 unspecified atom stereocenters. The van der Waals surface area contributed by atoms with Gasteiger partial charge in [-0.05, 0) is 56.3 Å². The van der Waals surface area contributed by atoms with Crippen LogP contribution in [0.5, 0.6) is 0 Å². The van der Waals surface area contributed by atoms with Gasteiger partial charge < -0.3 is 15.5 Å². The zero-order valence-electron chi connectivity index (χ0n) is 15.1. The van der Waals surface area contributed by atoms with Crippen LogP contribution in [0.3, 0.4) is 0 Å². The van der Waals surface area contributed by atoms with Gasteiger partial charge in [-0.15, -0.1) is 0 Å². The van der Waals surface area contributed by atoms with Crippen LogP contribution in [0.1, 0.15) is 37.3 Å². The van der Waals surface area contributed by atoms with Crippen LogP contribution in [-0.4, -0.2) is 43.1 Å². The highest BCUT2D eigenvalue weighted by molar-refractivity contribution is 5.79. The lowest BCUT2D eigenvalue weighted by atomic mass is 10.1. The Morgan fingerprint density at radius 3 is 2.50 bits per heavy atom. The molecule has 0 amide bonds. The molecule has 0 radical (unpaired) electrons. The average molecular weight is 368 g/mol. The molecule has 0 aromatic heterocycles. The lowest BCUT2D eigenvalue weighted by Crippen LogP contribution is -2.40. The SMILES string of the molecule is CCNC(=NCc1ccc(C(F)(F)F)cc1)NCC1CCN(C2CC2)C1. The van der Waals surface area contributed by atoms with Crippen molar-refractivity contribution in [3.63, 3.8) is 0 Å².